The van der Waals surface area contributed by atoms with Crippen LogP contribution in [0.4, 0.5) is 4.39 Å². The molecule has 0 bridgehead atoms. The molecule has 3 aromatic rings. The van der Waals surface area contributed by atoms with Gasteiger partial charge in [-0.25, -0.2) is 9.37 Å². The molecule has 0 saturated carbocycles. The lowest BCUT2D eigenvalue weighted by molar-refractivity contribution is 0.0537. The Balaban J connectivity index is 1.43. The van der Waals surface area contributed by atoms with Crippen molar-refractivity contribution in [3.63, 3.8) is 0 Å². The summed E-state index contributed by atoms with van der Waals surface area (Å²) >= 11 is 1.32. The number of aryl methyl sites for hydroxylation is 3. The van der Waals surface area contributed by atoms with E-state index in [1.807, 2.05) is 26.0 Å². The number of benzene rings is 1. The second-order valence-corrected chi connectivity index (χ2v) is 8.39. The summed E-state index contributed by atoms with van der Waals surface area (Å²) in [6, 6.07) is 8.22. The zero-order chi connectivity index (χ0) is 21.4. The van der Waals surface area contributed by atoms with Gasteiger partial charge < -0.3 is 14.2 Å². The number of hydrogen-bond acceptors (Lipinski definition) is 5. The first-order chi connectivity index (χ1) is 14.3. The lowest BCUT2D eigenvalue weighted by Gasteiger charge is -2.34. The van der Waals surface area contributed by atoms with E-state index in [1.165, 1.54) is 17.4 Å². The number of carbonyl (C=O) groups is 2. The molecule has 8 heteroatoms. The van der Waals surface area contributed by atoms with Gasteiger partial charge >= 0.3 is 0 Å². The van der Waals surface area contributed by atoms with E-state index < -0.39 is 5.82 Å². The SMILES string of the molecule is Cc1ccc(-c2nc(C)c(C(=O)N3CCN(C(=O)c4ccc(C)c(F)c4)CC3)s2)o1. The molecule has 1 fully saturated rings. The van der Waals surface area contributed by atoms with Crippen LogP contribution in [0.15, 0.2) is 34.7 Å². The highest BCUT2D eigenvalue weighted by molar-refractivity contribution is 7.17. The first-order valence-corrected chi connectivity index (χ1v) is 10.5. The highest BCUT2D eigenvalue weighted by Gasteiger charge is 2.28. The predicted octanol–water partition coefficient (Wildman–Crippen LogP) is 4.07. The fourth-order valence-electron chi connectivity index (χ4n) is 3.41. The monoisotopic (exact) mass is 427 g/mol. The molecule has 156 valence electrons. The van der Waals surface area contributed by atoms with Gasteiger partial charge in [-0.15, -0.1) is 11.3 Å². The van der Waals surface area contributed by atoms with E-state index in [1.54, 1.807) is 28.9 Å². The molecule has 0 N–H and O–H groups in total. The summed E-state index contributed by atoms with van der Waals surface area (Å²) in [7, 11) is 0. The Labute approximate surface area is 177 Å². The largest absolute Gasteiger partial charge is 0.459 e. The Morgan fingerprint density at radius 2 is 1.67 bits per heavy atom. The Hall–Kier alpha value is -3.00. The minimum atomic E-state index is -0.391. The zero-order valence-corrected chi connectivity index (χ0v) is 17.9. The van der Waals surface area contributed by atoms with E-state index in [2.05, 4.69) is 4.98 Å². The van der Waals surface area contributed by atoms with Crippen LogP contribution in [0.3, 0.4) is 0 Å². The second-order valence-electron chi connectivity index (χ2n) is 7.39. The van der Waals surface area contributed by atoms with Gasteiger partial charge in [0.2, 0.25) is 0 Å². The minimum Gasteiger partial charge on any atom is -0.459 e. The van der Waals surface area contributed by atoms with E-state index in [0.717, 1.165) is 5.76 Å². The maximum absolute atomic E-state index is 13.8. The van der Waals surface area contributed by atoms with Crippen molar-refractivity contribution in [1.29, 1.82) is 0 Å². The molecule has 0 radical (unpaired) electrons. The lowest BCUT2D eigenvalue weighted by atomic mass is 10.1. The molecule has 0 atom stereocenters. The number of thiazole rings is 1. The van der Waals surface area contributed by atoms with Crippen LogP contribution in [0.2, 0.25) is 0 Å². The van der Waals surface area contributed by atoms with E-state index in [0.29, 0.717) is 58.6 Å². The molecule has 6 nitrogen and oxygen atoms in total. The van der Waals surface area contributed by atoms with Crippen LogP contribution in [-0.2, 0) is 0 Å². The number of halogens is 1. The number of piperazine rings is 1. The number of amides is 2. The molecular formula is C22H22FN3O3S. The van der Waals surface area contributed by atoms with Gasteiger partial charge in [0.15, 0.2) is 10.8 Å². The van der Waals surface area contributed by atoms with Crippen molar-refractivity contribution in [2.24, 2.45) is 0 Å². The number of carbonyl (C=O) groups excluding carboxylic acids is 2. The average molecular weight is 428 g/mol. The standard InChI is InChI=1S/C22H22FN3O3S/c1-13-4-6-16(12-17(13)23)21(27)25-8-10-26(11-9-25)22(28)19-15(3)24-20(30-19)18-7-5-14(2)29-18/h4-7,12H,8-11H2,1-3H3. The molecule has 1 aliphatic heterocycles. The smallest absolute Gasteiger partial charge is 0.265 e. The van der Waals surface area contributed by atoms with Gasteiger partial charge in [-0.05, 0) is 50.6 Å². The van der Waals surface area contributed by atoms with Crippen LogP contribution >= 0.6 is 11.3 Å². The molecule has 0 aliphatic carbocycles. The zero-order valence-electron chi connectivity index (χ0n) is 17.1. The van der Waals surface area contributed by atoms with Gasteiger partial charge in [0.25, 0.3) is 11.8 Å². The van der Waals surface area contributed by atoms with Gasteiger partial charge in [-0.2, -0.15) is 0 Å². The molecule has 2 amide bonds. The topological polar surface area (TPSA) is 66.7 Å². The lowest BCUT2D eigenvalue weighted by Crippen LogP contribution is -2.50. The molecule has 4 rings (SSSR count). The van der Waals surface area contributed by atoms with Crippen LogP contribution in [0.5, 0.6) is 0 Å². The van der Waals surface area contributed by atoms with Crippen molar-refractivity contribution in [2.75, 3.05) is 26.2 Å². The van der Waals surface area contributed by atoms with Gasteiger partial charge in [0, 0.05) is 31.7 Å². The second kappa shape index (κ2) is 8.02. The highest BCUT2D eigenvalue weighted by Crippen LogP contribution is 2.30. The Morgan fingerprint density at radius 3 is 2.27 bits per heavy atom. The molecule has 0 unspecified atom stereocenters. The van der Waals surface area contributed by atoms with Crippen LogP contribution in [0, 0.1) is 26.6 Å². The predicted molar refractivity (Wildman–Crippen MR) is 112 cm³/mol. The number of furan rings is 1. The summed E-state index contributed by atoms with van der Waals surface area (Å²) in [5, 5.41) is 0.680. The first-order valence-electron chi connectivity index (χ1n) is 9.72. The third-order valence-electron chi connectivity index (χ3n) is 5.21. The Kier molecular flexibility index (Phi) is 5.42. The summed E-state index contributed by atoms with van der Waals surface area (Å²) in [5.74, 6) is 0.747. The van der Waals surface area contributed by atoms with Crippen molar-refractivity contribution < 1.29 is 18.4 Å². The van der Waals surface area contributed by atoms with Crippen LogP contribution in [0.25, 0.3) is 10.8 Å². The van der Waals surface area contributed by atoms with E-state index in [4.69, 9.17) is 4.42 Å². The fourth-order valence-corrected chi connectivity index (χ4v) is 4.41. The molecule has 1 aromatic carbocycles. The summed E-state index contributed by atoms with van der Waals surface area (Å²) in [5.41, 5.74) is 1.50. The van der Waals surface area contributed by atoms with Gasteiger partial charge in [-0.1, -0.05) is 6.07 Å². The number of rotatable bonds is 3. The maximum Gasteiger partial charge on any atom is 0.265 e. The Morgan fingerprint density at radius 1 is 1.00 bits per heavy atom. The van der Waals surface area contributed by atoms with E-state index >= 15 is 0 Å². The van der Waals surface area contributed by atoms with Crippen LogP contribution in [0.1, 0.15) is 37.0 Å². The number of aromatic nitrogens is 1. The normalized spacial score (nSPS) is 14.3. The van der Waals surface area contributed by atoms with Crippen molar-refractivity contribution in [3.05, 3.63) is 63.6 Å². The summed E-state index contributed by atoms with van der Waals surface area (Å²) < 4.78 is 19.4. The van der Waals surface area contributed by atoms with Crippen LogP contribution < -0.4 is 0 Å². The highest BCUT2D eigenvalue weighted by atomic mass is 32.1. The maximum atomic E-state index is 13.8. The van der Waals surface area contributed by atoms with Crippen LogP contribution in [-0.4, -0.2) is 52.8 Å². The molecule has 0 spiro atoms. The number of hydrogen-bond donors (Lipinski definition) is 0. The molecule has 1 saturated heterocycles. The Bertz CT molecular complexity index is 1110. The summed E-state index contributed by atoms with van der Waals surface area (Å²) in [6.45, 7) is 6.99. The van der Waals surface area contributed by atoms with Gasteiger partial charge in [0.05, 0.1) is 5.69 Å². The van der Waals surface area contributed by atoms with E-state index in [9.17, 15) is 14.0 Å². The summed E-state index contributed by atoms with van der Waals surface area (Å²) in [6.07, 6.45) is 0. The van der Waals surface area contributed by atoms with Crippen molar-refractivity contribution in [1.82, 2.24) is 14.8 Å². The first kappa shape index (κ1) is 20.3. The molecule has 30 heavy (non-hydrogen) atoms. The van der Waals surface area contributed by atoms with Gasteiger partial charge in [0.1, 0.15) is 16.5 Å². The number of nitrogens with zero attached hydrogens (tertiary/aromatic N) is 3. The van der Waals surface area contributed by atoms with Crippen molar-refractivity contribution >= 4 is 23.2 Å². The fraction of sp³-hybridized carbons (Fsp3) is 0.318. The molecule has 1 aliphatic rings. The summed E-state index contributed by atoms with van der Waals surface area (Å²) in [4.78, 5) is 34.1. The third kappa shape index (κ3) is 3.87. The quantitative estimate of drug-likeness (QED) is 0.632. The molecule has 3 heterocycles. The molecular weight excluding hydrogens is 405 g/mol. The average Bonchev–Trinajstić information content (AvgIpc) is 3.34. The minimum absolute atomic E-state index is 0.0898. The molecule has 2 aromatic heterocycles. The van der Waals surface area contributed by atoms with Crippen molar-refractivity contribution in [2.45, 2.75) is 20.8 Å². The van der Waals surface area contributed by atoms with Crippen molar-refractivity contribution in [3.8, 4) is 10.8 Å². The van der Waals surface area contributed by atoms with Gasteiger partial charge in [-0.3, -0.25) is 9.59 Å². The van der Waals surface area contributed by atoms with E-state index in [-0.39, 0.29) is 11.8 Å². The third-order valence-corrected chi connectivity index (χ3v) is 6.37.